The van der Waals surface area contributed by atoms with Crippen molar-refractivity contribution in [1.82, 2.24) is 5.32 Å². The van der Waals surface area contributed by atoms with Gasteiger partial charge in [0.1, 0.15) is 5.82 Å². The second-order valence-corrected chi connectivity index (χ2v) is 6.58. The summed E-state index contributed by atoms with van der Waals surface area (Å²) in [5.74, 6) is 1.39. The number of benzene rings is 1. The molecule has 1 aromatic carbocycles. The van der Waals surface area contributed by atoms with E-state index in [4.69, 9.17) is 0 Å². The lowest BCUT2D eigenvalue weighted by atomic mass is 9.80. The highest BCUT2D eigenvalue weighted by Gasteiger charge is 2.24. The fraction of sp³-hybridized carbons (Fsp3) is 0.600. The topological polar surface area (TPSA) is 12.0 Å². The molecule has 0 amide bonds. The van der Waals surface area contributed by atoms with E-state index >= 15 is 0 Å². The highest BCUT2D eigenvalue weighted by molar-refractivity contribution is 9.10. The summed E-state index contributed by atoms with van der Waals surface area (Å²) in [4.78, 5) is 0. The quantitative estimate of drug-likeness (QED) is 0.866. The van der Waals surface area contributed by atoms with Crippen LogP contribution in [-0.4, -0.2) is 6.04 Å². The first-order valence-corrected chi connectivity index (χ1v) is 7.52. The van der Waals surface area contributed by atoms with E-state index in [1.54, 1.807) is 6.07 Å². The Labute approximate surface area is 117 Å². The molecule has 1 aliphatic carbocycles. The lowest BCUT2D eigenvalue weighted by Gasteiger charge is -2.33. The first kappa shape index (κ1) is 14.0. The van der Waals surface area contributed by atoms with Gasteiger partial charge < -0.3 is 5.32 Å². The van der Waals surface area contributed by atoms with Crippen LogP contribution in [0.2, 0.25) is 0 Å². The first-order chi connectivity index (χ1) is 8.54. The summed E-state index contributed by atoms with van der Waals surface area (Å²) < 4.78 is 14.1. The van der Waals surface area contributed by atoms with Crippen LogP contribution in [0.3, 0.4) is 0 Å². The van der Waals surface area contributed by atoms with Crippen LogP contribution in [0.5, 0.6) is 0 Å². The molecule has 100 valence electrons. The molecule has 3 atom stereocenters. The molecule has 1 nitrogen and oxygen atoms in total. The fourth-order valence-corrected chi connectivity index (χ4v) is 3.44. The largest absolute Gasteiger partial charge is 0.310 e. The smallest absolute Gasteiger partial charge is 0.124 e. The second-order valence-electron chi connectivity index (χ2n) is 5.66. The molecule has 1 saturated carbocycles. The molecule has 2 rings (SSSR count). The van der Waals surface area contributed by atoms with E-state index in [1.807, 2.05) is 6.07 Å². The van der Waals surface area contributed by atoms with Crippen molar-refractivity contribution in [3.63, 3.8) is 0 Å². The standard InChI is InChI=1S/C15H21BrFN/c1-10-3-4-15(11(2)5-10)18-9-12-6-13(16)8-14(17)7-12/h6-8,10-11,15,18H,3-5,9H2,1-2H3. The molecular formula is C15H21BrFN. The van der Waals surface area contributed by atoms with Gasteiger partial charge in [-0.15, -0.1) is 0 Å². The van der Waals surface area contributed by atoms with Crippen LogP contribution in [0.1, 0.15) is 38.7 Å². The van der Waals surface area contributed by atoms with E-state index in [0.717, 1.165) is 22.5 Å². The monoisotopic (exact) mass is 313 g/mol. The molecular weight excluding hydrogens is 293 g/mol. The fourth-order valence-electron chi connectivity index (χ4n) is 2.93. The summed E-state index contributed by atoms with van der Waals surface area (Å²) in [6, 6.07) is 5.65. The lowest BCUT2D eigenvalue weighted by molar-refractivity contribution is 0.227. The number of hydrogen-bond donors (Lipinski definition) is 1. The van der Waals surface area contributed by atoms with Gasteiger partial charge in [0.25, 0.3) is 0 Å². The summed E-state index contributed by atoms with van der Waals surface area (Å²) in [6.45, 7) is 5.39. The first-order valence-electron chi connectivity index (χ1n) is 6.73. The minimum absolute atomic E-state index is 0.175. The molecule has 3 unspecified atom stereocenters. The highest BCUT2D eigenvalue weighted by atomic mass is 79.9. The zero-order valence-electron chi connectivity index (χ0n) is 11.0. The zero-order valence-corrected chi connectivity index (χ0v) is 12.6. The maximum Gasteiger partial charge on any atom is 0.124 e. The van der Waals surface area contributed by atoms with Gasteiger partial charge in [0.15, 0.2) is 0 Å². The third-order valence-electron chi connectivity index (χ3n) is 3.92. The Hall–Kier alpha value is -0.410. The van der Waals surface area contributed by atoms with E-state index < -0.39 is 0 Å². The molecule has 1 aliphatic rings. The van der Waals surface area contributed by atoms with Crippen molar-refractivity contribution in [2.24, 2.45) is 11.8 Å². The van der Waals surface area contributed by atoms with E-state index in [2.05, 4.69) is 35.1 Å². The third-order valence-corrected chi connectivity index (χ3v) is 4.38. The molecule has 0 bridgehead atoms. The van der Waals surface area contributed by atoms with Crippen molar-refractivity contribution in [2.45, 2.75) is 45.7 Å². The Morgan fingerprint density at radius 3 is 2.72 bits per heavy atom. The Kier molecular flexibility index (Phi) is 4.79. The summed E-state index contributed by atoms with van der Waals surface area (Å²) >= 11 is 3.33. The summed E-state index contributed by atoms with van der Waals surface area (Å²) in [7, 11) is 0. The average molecular weight is 314 g/mol. The maximum absolute atomic E-state index is 13.3. The van der Waals surface area contributed by atoms with Gasteiger partial charge in [-0.1, -0.05) is 29.8 Å². The molecule has 1 N–H and O–H groups in total. The Morgan fingerprint density at radius 1 is 1.28 bits per heavy atom. The molecule has 0 aliphatic heterocycles. The minimum Gasteiger partial charge on any atom is -0.310 e. The number of nitrogens with one attached hydrogen (secondary N) is 1. The van der Waals surface area contributed by atoms with Crippen molar-refractivity contribution in [3.05, 3.63) is 34.1 Å². The molecule has 0 saturated heterocycles. The lowest BCUT2D eigenvalue weighted by Crippen LogP contribution is -2.38. The Bertz CT molecular complexity index is 387. The third kappa shape index (κ3) is 3.79. The minimum atomic E-state index is -0.175. The number of hydrogen-bond acceptors (Lipinski definition) is 1. The normalized spacial score (nSPS) is 28.3. The van der Waals surface area contributed by atoms with Gasteiger partial charge in [-0.25, -0.2) is 4.39 Å². The van der Waals surface area contributed by atoms with Crippen molar-refractivity contribution in [1.29, 1.82) is 0 Å². The van der Waals surface area contributed by atoms with Gasteiger partial charge in [-0.2, -0.15) is 0 Å². The molecule has 0 heterocycles. The Morgan fingerprint density at radius 2 is 2.06 bits per heavy atom. The maximum atomic E-state index is 13.3. The van der Waals surface area contributed by atoms with Crippen LogP contribution < -0.4 is 5.32 Å². The van der Waals surface area contributed by atoms with Crippen LogP contribution in [0.25, 0.3) is 0 Å². The van der Waals surface area contributed by atoms with Gasteiger partial charge in [0, 0.05) is 17.1 Å². The average Bonchev–Trinajstić information content (AvgIpc) is 2.26. The summed E-state index contributed by atoms with van der Waals surface area (Å²) in [6.07, 6.45) is 3.83. The van der Waals surface area contributed by atoms with Crippen molar-refractivity contribution >= 4 is 15.9 Å². The molecule has 3 heteroatoms. The number of halogens is 2. The van der Waals surface area contributed by atoms with Crippen LogP contribution in [0.4, 0.5) is 4.39 Å². The molecule has 1 aromatic rings. The summed E-state index contributed by atoms with van der Waals surface area (Å²) in [5, 5.41) is 3.58. The molecule has 0 radical (unpaired) electrons. The Balaban J connectivity index is 1.91. The predicted octanol–water partition coefficient (Wildman–Crippen LogP) is 4.50. The van der Waals surface area contributed by atoms with Gasteiger partial charge in [-0.3, -0.25) is 0 Å². The van der Waals surface area contributed by atoms with Gasteiger partial charge in [0.2, 0.25) is 0 Å². The summed E-state index contributed by atoms with van der Waals surface area (Å²) in [5.41, 5.74) is 1.01. The molecule has 18 heavy (non-hydrogen) atoms. The van der Waals surface area contributed by atoms with E-state index in [0.29, 0.717) is 12.0 Å². The van der Waals surface area contributed by atoms with Crippen LogP contribution in [0.15, 0.2) is 22.7 Å². The van der Waals surface area contributed by atoms with E-state index in [-0.39, 0.29) is 5.82 Å². The predicted molar refractivity (Wildman–Crippen MR) is 76.9 cm³/mol. The van der Waals surface area contributed by atoms with Crippen molar-refractivity contribution in [3.8, 4) is 0 Å². The highest BCUT2D eigenvalue weighted by Crippen LogP contribution is 2.28. The zero-order chi connectivity index (χ0) is 13.1. The van der Waals surface area contributed by atoms with E-state index in [1.165, 1.54) is 25.3 Å². The van der Waals surface area contributed by atoms with Crippen molar-refractivity contribution < 1.29 is 4.39 Å². The SMILES string of the molecule is CC1CCC(NCc2cc(F)cc(Br)c2)C(C)C1. The molecule has 1 fully saturated rings. The van der Waals surface area contributed by atoms with Crippen LogP contribution >= 0.6 is 15.9 Å². The van der Waals surface area contributed by atoms with Gasteiger partial charge >= 0.3 is 0 Å². The molecule has 0 spiro atoms. The molecule has 0 aromatic heterocycles. The van der Waals surface area contributed by atoms with Crippen molar-refractivity contribution in [2.75, 3.05) is 0 Å². The van der Waals surface area contributed by atoms with Crippen LogP contribution in [0, 0.1) is 17.7 Å². The van der Waals surface area contributed by atoms with Gasteiger partial charge in [0.05, 0.1) is 0 Å². The van der Waals surface area contributed by atoms with Crippen LogP contribution in [-0.2, 0) is 6.54 Å². The van der Waals surface area contributed by atoms with E-state index in [9.17, 15) is 4.39 Å². The number of rotatable bonds is 3. The van der Waals surface area contributed by atoms with Gasteiger partial charge in [-0.05, 0) is 54.9 Å². The second kappa shape index (κ2) is 6.16.